The SMILES string of the molecule is O=C(Cc1coc(-c2ccccc2)n1)Nc1ccc(-c2nnco2)cc1. The van der Waals surface area contributed by atoms with Crippen LogP contribution in [-0.2, 0) is 11.2 Å². The molecule has 0 unspecified atom stereocenters. The number of benzene rings is 2. The average molecular weight is 346 g/mol. The number of oxazole rings is 1. The number of hydrogen-bond acceptors (Lipinski definition) is 6. The first-order valence-corrected chi connectivity index (χ1v) is 7.94. The zero-order chi connectivity index (χ0) is 17.8. The molecule has 1 N–H and O–H groups in total. The molecular weight excluding hydrogens is 332 g/mol. The maximum Gasteiger partial charge on any atom is 0.247 e. The molecule has 1 amide bonds. The highest BCUT2D eigenvalue weighted by Gasteiger charge is 2.11. The van der Waals surface area contributed by atoms with Crippen LogP contribution in [0.25, 0.3) is 22.9 Å². The smallest absolute Gasteiger partial charge is 0.247 e. The molecule has 0 aliphatic carbocycles. The lowest BCUT2D eigenvalue weighted by Crippen LogP contribution is -2.14. The third-order valence-electron chi connectivity index (χ3n) is 3.69. The minimum Gasteiger partial charge on any atom is -0.444 e. The molecule has 7 nitrogen and oxygen atoms in total. The summed E-state index contributed by atoms with van der Waals surface area (Å²) in [5, 5.41) is 10.3. The minimum absolute atomic E-state index is 0.127. The van der Waals surface area contributed by atoms with Gasteiger partial charge >= 0.3 is 0 Å². The fourth-order valence-corrected chi connectivity index (χ4v) is 2.47. The Bertz CT molecular complexity index is 993. The molecule has 0 saturated carbocycles. The van der Waals surface area contributed by atoms with E-state index in [0.29, 0.717) is 23.2 Å². The first-order chi connectivity index (χ1) is 12.8. The van der Waals surface area contributed by atoms with Gasteiger partial charge in [-0.05, 0) is 36.4 Å². The van der Waals surface area contributed by atoms with E-state index in [2.05, 4.69) is 20.5 Å². The first-order valence-electron chi connectivity index (χ1n) is 7.94. The van der Waals surface area contributed by atoms with Crippen LogP contribution in [0.3, 0.4) is 0 Å². The predicted octanol–water partition coefficient (Wildman–Crippen LogP) is 3.57. The molecule has 2 aromatic carbocycles. The first kappa shape index (κ1) is 15.8. The van der Waals surface area contributed by atoms with E-state index < -0.39 is 0 Å². The van der Waals surface area contributed by atoms with Gasteiger partial charge in [0.1, 0.15) is 6.26 Å². The van der Waals surface area contributed by atoms with Gasteiger partial charge in [0.2, 0.25) is 24.1 Å². The van der Waals surface area contributed by atoms with E-state index in [1.807, 2.05) is 30.3 Å². The van der Waals surface area contributed by atoms with Gasteiger partial charge in [0.25, 0.3) is 0 Å². The molecule has 0 atom stereocenters. The number of amides is 1. The molecule has 0 spiro atoms. The molecule has 0 aliphatic rings. The van der Waals surface area contributed by atoms with Crippen LogP contribution in [0, 0.1) is 0 Å². The Morgan fingerprint density at radius 1 is 0.923 bits per heavy atom. The van der Waals surface area contributed by atoms with Crippen molar-refractivity contribution < 1.29 is 13.6 Å². The summed E-state index contributed by atoms with van der Waals surface area (Å²) in [6, 6.07) is 16.7. The summed E-state index contributed by atoms with van der Waals surface area (Å²) in [5.41, 5.74) is 2.90. The summed E-state index contributed by atoms with van der Waals surface area (Å²) in [6.07, 6.45) is 2.90. The Morgan fingerprint density at radius 2 is 1.69 bits per heavy atom. The van der Waals surface area contributed by atoms with Gasteiger partial charge in [-0.15, -0.1) is 10.2 Å². The van der Waals surface area contributed by atoms with E-state index >= 15 is 0 Å². The second kappa shape index (κ2) is 7.02. The molecule has 0 bridgehead atoms. The van der Waals surface area contributed by atoms with E-state index in [1.165, 1.54) is 12.7 Å². The summed E-state index contributed by atoms with van der Waals surface area (Å²) < 4.78 is 10.6. The van der Waals surface area contributed by atoms with Gasteiger partial charge in [0.05, 0.1) is 12.1 Å². The lowest BCUT2D eigenvalue weighted by atomic mass is 10.2. The van der Waals surface area contributed by atoms with Gasteiger partial charge in [-0.2, -0.15) is 0 Å². The summed E-state index contributed by atoms with van der Waals surface area (Å²) in [5.74, 6) is 0.750. The van der Waals surface area contributed by atoms with Crippen molar-refractivity contribution in [2.24, 2.45) is 0 Å². The standard InChI is InChI=1S/C19H14N4O3/c24-17(10-16-11-25-18(22-16)13-4-2-1-3-5-13)21-15-8-6-14(7-9-15)19-23-20-12-26-19/h1-9,11-12H,10H2,(H,21,24). The van der Waals surface area contributed by atoms with Gasteiger partial charge in [-0.25, -0.2) is 4.98 Å². The maximum atomic E-state index is 12.2. The van der Waals surface area contributed by atoms with Gasteiger partial charge in [0.15, 0.2) is 0 Å². The van der Waals surface area contributed by atoms with Crippen LogP contribution in [0.4, 0.5) is 5.69 Å². The Labute approximate surface area is 148 Å². The largest absolute Gasteiger partial charge is 0.444 e. The topological polar surface area (TPSA) is 94.1 Å². The fourth-order valence-electron chi connectivity index (χ4n) is 2.47. The van der Waals surface area contributed by atoms with E-state index in [1.54, 1.807) is 24.3 Å². The molecular formula is C19H14N4O3. The predicted molar refractivity (Wildman–Crippen MR) is 94.0 cm³/mol. The molecule has 0 saturated heterocycles. The van der Waals surface area contributed by atoms with Gasteiger partial charge < -0.3 is 14.2 Å². The van der Waals surface area contributed by atoms with Crippen molar-refractivity contribution in [1.29, 1.82) is 0 Å². The summed E-state index contributed by atoms with van der Waals surface area (Å²) >= 11 is 0. The van der Waals surface area contributed by atoms with Crippen molar-refractivity contribution in [3.63, 3.8) is 0 Å². The molecule has 128 valence electrons. The summed E-state index contributed by atoms with van der Waals surface area (Å²) in [6.45, 7) is 0. The zero-order valence-electron chi connectivity index (χ0n) is 13.6. The van der Waals surface area contributed by atoms with Crippen molar-refractivity contribution in [3.05, 3.63) is 72.9 Å². The molecule has 0 aliphatic heterocycles. The normalized spacial score (nSPS) is 10.6. The third-order valence-corrected chi connectivity index (χ3v) is 3.69. The highest BCUT2D eigenvalue weighted by Crippen LogP contribution is 2.20. The lowest BCUT2D eigenvalue weighted by Gasteiger charge is -2.04. The molecule has 0 radical (unpaired) electrons. The number of carbonyl (C=O) groups is 1. The highest BCUT2D eigenvalue weighted by molar-refractivity contribution is 5.92. The minimum atomic E-state index is -0.177. The van der Waals surface area contributed by atoms with E-state index in [-0.39, 0.29) is 12.3 Å². The van der Waals surface area contributed by atoms with Crippen molar-refractivity contribution in [2.75, 3.05) is 5.32 Å². The second-order valence-corrected chi connectivity index (χ2v) is 5.56. The van der Waals surface area contributed by atoms with Crippen LogP contribution in [0.15, 0.2) is 76.1 Å². The molecule has 2 aromatic heterocycles. The molecule has 7 heteroatoms. The summed E-state index contributed by atoms with van der Waals surface area (Å²) in [7, 11) is 0. The fraction of sp³-hybridized carbons (Fsp3) is 0.0526. The Morgan fingerprint density at radius 3 is 2.42 bits per heavy atom. The monoisotopic (exact) mass is 346 g/mol. The zero-order valence-corrected chi connectivity index (χ0v) is 13.6. The number of nitrogens with one attached hydrogen (secondary N) is 1. The van der Waals surface area contributed by atoms with Crippen molar-refractivity contribution >= 4 is 11.6 Å². The highest BCUT2D eigenvalue weighted by atomic mass is 16.4. The number of anilines is 1. The van der Waals surface area contributed by atoms with Crippen LogP contribution in [0.5, 0.6) is 0 Å². The van der Waals surface area contributed by atoms with E-state index in [9.17, 15) is 4.79 Å². The quantitative estimate of drug-likeness (QED) is 0.594. The number of aromatic nitrogens is 3. The molecule has 4 aromatic rings. The average Bonchev–Trinajstić information content (AvgIpc) is 3.35. The van der Waals surface area contributed by atoms with Crippen molar-refractivity contribution in [2.45, 2.75) is 6.42 Å². The van der Waals surface area contributed by atoms with Crippen LogP contribution < -0.4 is 5.32 Å². The Hall–Kier alpha value is -3.74. The van der Waals surface area contributed by atoms with Crippen LogP contribution in [-0.4, -0.2) is 21.1 Å². The maximum absolute atomic E-state index is 12.2. The van der Waals surface area contributed by atoms with Gasteiger partial charge in [-0.3, -0.25) is 4.79 Å². The lowest BCUT2D eigenvalue weighted by molar-refractivity contribution is -0.115. The van der Waals surface area contributed by atoms with Crippen LogP contribution in [0.2, 0.25) is 0 Å². The van der Waals surface area contributed by atoms with Crippen LogP contribution in [0.1, 0.15) is 5.69 Å². The van der Waals surface area contributed by atoms with E-state index in [4.69, 9.17) is 8.83 Å². The Kier molecular flexibility index (Phi) is 4.26. The second-order valence-electron chi connectivity index (χ2n) is 5.56. The summed E-state index contributed by atoms with van der Waals surface area (Å²) in [4.78, 5) is 16.6. The Balaban J connectivity index is 1.39. The van der Waals surface area contributed by atoms with Crippen molar-refractivity contribution in [3.8, 4) is 22.9 Å². The number of rotatable bonds is 5. The molecule has 2 heterocycles. The number of nitrogens with zero attached hydrogens (tertiary/aromatic N) is 3. The van der Waals surface area contributed by atoms with Gasteiger partial charge in [-0.1, -0.05) is 18.2 Å². The molecule has 26 heavy (non-hydrogen) atoms. The van der Waals surface area contributed by atoms with Crippen molar-refractivity contribution in [1.82, 2.24) is 15.2 Å². The third kappa shape index (κ3) is 3.51. The van der Waals surface area contributed by atoms with Crippen LogP contribution >= 0.6 is 0 Å². The molecule has 0 fully saturated rings. The van der Waals surface area contributed by atoms with E-state index in [0.717, 1.165) is 11.1 Å². The number of carbonyl (C=O) groups excluding carboxylic acids is 1. The molecule has 4 rings (SSSR count). The van der Waals surface area contributed by atoms with Gasteiger partial charge in [0, 0.05) is 16.8 Å². The number of hydrogen-bond donors (Lipinski definition) is 1.